The Hall–Kier alpha value is -0.450. The van der Waals surface area contributed by atoms with E-state index >= 15 is 0 Å². The van der Waals surface area contributed by atoms with Gasteiger partial charge < -0.3 is 10.4 Å². The maximum Gasteiger partial charge on any atom is 0.124 e. The Bertz CT molecular complexity index is 342. The average molecular weight is 290 g/mol. The van der Waals surface area contributed by atoms with Crippen molar-refractivity contribution in [1.29, 1.82) is 0 Å². The summed E-state index contributed by atoms with van der Waals surface area (Å²) in [7, 11) is 0. The minimum Gasteiger partial charge on any atom is -0.395 e. The molecule has 0 heterocycles. The molecule has 1 aromatic carbocycles. The lowest BCUT2D eigenvalue weighted by Gasteiger charge is -2.21. The lowest BCUT2D eigenvalue weighted by atomic mass is 10.1. The Labute approximate surface area is 104 Å². The van der Waals surface area contributed by atoms with E-state index in [1.54, 1.807) is 6.07 Å². The van der Waals surface area contributed by atoms with Crippen LogP contribution in [0.1, 0.15) is 31.9 Å². The minimum atomic E-state index is -0.253. The molecular formula is C12H17BrFNO. The first-order valence-electron chi connectivity index (χ1n) is 5.40. The molecule has 0 aliphatic rings. The minimum absolute atomic E-state index is 0.0759. The highest BCUT2D eigenvalue weighted by Gasteiger charge is 2.13. The third kappa shape index (κ3) is 3.54. The number of rotatable bonds is 5. The second-order valence-corrected chi connectivity index (χ2v) is 4.70. The lowest BCUT2D eigenvalue weighted by Crippen LogP contribution is -2.34. The molecule has 0 radical (unpaired) electrons. The van der Waals surface area contributed by atoms with Crippen LogP contribution < -0.4 is 5.32 Å². The summed E-state index contributed by atoms with van der Waals surface area (Å²) >= 11 is 3.34. The zero-order valence-electron chi connectivity index (χ0n) is 9.50. The van der Waals surface area contributed by atoms with Gasteiger partial charge in [-0.3, -0.25) is 0 Å². The Morgan fingerprint density at radius 2 is 2.19 bits per heavy atom. The molecule has 16 heavy (non-hydrogen) atoms. The van der Waals surface area contributed by atoms with Crippen molar-refractivity contribution in [1.82, 2.24) is 5.32 Å². The van der Waals surface area contributed by atoms with Gasteiger partial charge in [-0.2, -0.15) is 0 Å². The monoisotopic (exact) mass is 289 g/mol. The van der Waals surface area contributed by atoms with E-state index in [1.165, 1.54) is 12.1 Å². The Kier molecular flexibility index (Phi) is 5.38. The molecule has 90 valence electrons. The van der Waals surface area contributed by atoms with Crippen molar-refractivity contribution in [2.45, 2.75) is 32.4 Å². The Morgan fingerprint density at radius 1 is 1.50 bits per heavy atom. The molecule has 0 aromatic heterocycles. The topological polar surface area (TPSA) is 32.3 Å². The van der Waals surface area contributed by atoms with Gasteiger partial charge in [-0.1, -0.05) is 28.9 Å². The predicted octanol–water partition coefficient (Wildman–Crippen LogP) is 3.01. The molecule has 0 aliphatic carbocycles. The molecule has 2 nitrogen and oxygen atoms in total. The van der Waals surface area contributed by atoms with Crippen molar-refractivity contribution < 1.29 is 9.50 Å². The normalized spacial score (nSPS) is 14.8. The fourth-order valence-electron chi connectivity index (χ4n) is 1.60. The van der Waals surface area contributed by atoms with E-state index in [0.29, 0.717) is 0 Å². The summed E-state index contributed by atoms with van der Waals surface area (Å²) in [6.07, 6.45) is 0.861. The van der Waals surface area contributed by atoms with Crippen molar-refractivity contribution >= 4 is 15.9 Å². The maximum atomic E-state index is 12.9. The first-order chi connectivity index (χ1) is 7.58. The molecule has 4 heteroatoms. The van der Waals surface area contributed by atoms with Crippen LogP contribution in [-0.2, 0) is 0 Å². The van der Waals surface area contributed by atoms with Crippen LogP contribution in [0.3, 0.4) is 0 Å². The summed E-state index contributed by atoms with van der Waals surface area (Å²) in [6, 6.07) is 4.80. The van der Waals surface area contributed by atoms with Gasteiger partial charge in [0.05, 0.1) is 6.61 Å². The molecule has 0 saturated carbocycles. The number of benzene rings is 1. The number of hydrogen-bond donors (Lipinski definition) is 2. The highest BCUT2D eigenvalue weighted by Crippen LogP contribution is 2.24. The average Bonchev–Trinajstić information content (AvgIpc) is 2.25. The number of nitrogens with one attached hydrogen (secondary N) is 1. The molecule has 0 amide bonds. The molecule has 1 aromatic rings. The van der Waals surface area contributed by atoms with Gasteiger partial charge in [0, 0.05) is 16.6 Å². The third-order valence-corrected chi connectivity index (χ3v) is 3.31. The summed E-state index contributed by atoms with van der Waals surface area (Å²) in [4.78, 5) is 0. The van der Waals surface area contributed by atoms with Gasteiger partial charge in [-0.15, -0.1) is 0 Å². The van der Waals surface area contributed by atoms with Crippen LogP contribution in [0.15, 0.2) is 22.7 Å². The second kappa shape index (κ2) is 6.33. The van der Waals surface area contributed by atoms with E-state index in [1.807, 2.05) is 13.8 Å². The van der Waals surface area contributed by atoms with Crippen LogP contribution in [0, 0.1) is 5.82 Å². The van der Waals surface area contributed by atoms with Crippen molar-refractivity contribution in [3.8, 4) is 0 Å². The summed E-state index contributed by atoms with van der Waals surface area (Å²) in [6.45, 7) is 4.12. The van der Waals surface area contributed by atoms with Crippen molar-refractivity contribution in [2.75, 3.05) is 6.61 Å². The van der Waals surface area contributed by atoms with Crippen molar-refractivity contribution in [3.05, 3.63) is 34.1 Å². The number of halogens is 2. The van der Waals surface area contributed by atoms with Gasteiger partial charge in [-0.05, 0) is 31.0 Å². The fraction of sp³-hybridized carbons (Fsp3) is 0.500. The van der Waals surface area contributed by atoms with E-state index in [0.717, 1.165) is 16.5 Å². The second-order valence-electron chi connectivity index (χ2n) is 3.84. The third-order valence-electron chi connectivity index (χ3n) is 2.63. The largest absolute Gasteiger partial charge is 0.395 e. The van der Waals surface area contributed by atoms with E-state index in [-0.39, 0.29) is 24.5 Å². The molecule has 1 unspecified atom stereocenters. The molecule has 2 N–H and O–H groups in total. The van der Waals surface area contributed by atoms with Crippen LogP contribution in [0.4, 0.5) is 4.39 Å². The number of aliphatic hydroxyl groups is 1. The van der Waals surface area contributed by atoms with Crippen molar-refractivity contribution in [3.63, 3.8) is 0 Å². The van der Waals surface area contributed by atoms with Crippen molar-refractivity contribution in [2.24, 2.45) is 0 Å². The zero-order chi connectivity index (χ0) is 12.1. The van der Waals surface area contributed by atoms with Gasteiger partial charge in [0.15, 0.2) is 0 Å². The SMILES string of the molecule is CC[C@@H](CO)NC(C)c1ccc(F)cc1Br. The van der Waals surface area contributed by atoms with Gasteiger partial charge in [0.2, 0.25) is 0 Å². The van der Waals surface area contributed by atoms with Gasteiger partial charge in [-0.25, -0.2) is 4.39 Å². The molecule has 0 fully saturated rings. The number of aliphatic hydroxyl groups excluding tert-OH is 1. The maximum absolute atomic E-state index is 12.9. The molecular weight excluding hydrogens is 273 g/mol. The molecule has 2 atom stereocenters. The van der Waals surface area contributed by atoms with Crippen LogP contribution >= 0.6 is 15.9 Å². The Balaban J connectivity index is 2.76. The van der Waals surface area contributed by atoms with Gasteiger partial charge in [0.25, 0.3) is 0 Å². The van der Waals surface area contributed by atoms with Gasteiger partial charge >= 0.3 is 0 Å². The predicted molar refractivity (Wildman–Crippen MR) is 66.8 cm³/mol. The van der Waals surface area contributed by atoms with E-state index in [2.05, 4.69) is 21.2 Å². The quantitative estimate of drug-likeness (QED) is 0.873. The highest BCUT2D eigenvalue weighted by molar-refractivity contribution is 9.10. The standard InChI is InChI=1S/C12H17BrFNO/c1-3-10(7-16)15-8(2)11-5-4-9(14)6-12(11)13/h4-6,8,10,15-16H,3,7H2,1-2H3/t8?,10-/m0/s1. The summed E-state index contributed by atoms with van der Waals surface area (Å²) in [5.41, 5.74) is 0.994. The summed E-state index contributed by atoms with van der Waals surface area (Å²) in [5.74, 6) is -0.253. The van der Waals surface area contributed by atoms with E-state index in [4.69, 9.17) is 5.11 Å². The zero-order valence-corrected chi connectivity index (χ0v) is 11.1. The highest BCUT2D eigenvalue weighted by atomic mass is 79.9. The van der Waals surface area contributed by atoms with E-state index < -0.39 is 0 Å². The molecule has 0 saturated heterocycles. The molecule has 1 rings (SSSR count). The van der Waals surface area contributed by atoms with Crippen LogP contribution in [-0.4, -0.2) is 17.8 Å². The fourth-order valence-corrected chi connectivity index (χ4v) is 2.29. The molecule has 0 aliphatic heterocycles. The summed E-state index contributed by atoms with van der Waals surface area (Å²) < 4.78 is 13.7. The first-order valence-corrected chi connectivity index (χ1v) is 6.19. The molecule has 0 bridgehead atoms. The van der Waals surface area contributed by atoms with E-state index in [9.17, 15) is 4.39 Å². The summed E-state index contributed by atoms with van der Waals surface area (Å²) in [5, 5.41) is 12.4. The van der Waals surface area contributed by atoms with Crippen LogP contribution in [0.2, 0.25) is 0 Å². The van der Waals surface area contributed by atoms with Crippen LogP contribution in [0.5, 0.6) is 0 Å². The first kappa shape index (κ1) is 13.6. The van der Waals surface area contributed by atoms with Crippen LogP contribution in [0.25, 0.3) is 0 Å². The Morgan fingerprint density at radius 3 is 2.69 bits per heavy atom. The number of hydrogen-bond acceptors (Lipinski definition) is 2. The van der Waals surface area contributed by atoms with Gasteiger partial charge in [0.1, 0.15) is 5.82 Å². The smallest absolute Gasteiger partial charge is 0.124 e. The lowest BCUT2D eigenvalue weighted by molar-refractivity contribution is 0.230. The molecule has 0 spiro atoms.